The summed E-state index contributed by atoms with van der Waals surface area (Å²) < 4.78 is 4.82. The average Bonchev–Trinajstić information content (AvgIpc) is 2.90. The van der Waals surface area contributed by atoms with Crippen molar-refractivity contribution in [3.63, 3.8) is 0 Å². The van der Waals surface area contributed by atoms with Gasteiger partial charge in [-0.2, -0.15) is 0 Å². The molecule has 0 saturated heterocycles. The van der Waals surface area contributed by atoms with E-state index in [1.807, 2.05) is 23.1 Å². The summed E-state index contributed by atoms with van der Waals surface area (Å²) in [6.45, 7) is 0.792. The monoisotopic (exact) mass is 269 g/mol. The topological polar surface area (TPSA) is 68.5 Å². The first-order valence-corrected chi connectivity index (χ1v) is 6.40. The molecule has 0 spiro atoms. The van der Waals surface area contributed by atoms with Crippen LogP contribution in [-0.4, -0.2) is 24.6 Å². The maximum absolute atomic E-state index is 11.9. The summed E-state index contributed by atoms with van der Waals surface area (Å²) >= 11 is 0. The van der Waals surface area contributed by atoms with Crippen LogP contribution in [0.4, 0.5) is 17.2 Å². The number of pyridine rings is 1. The molecule has 0 saturated carbocycles. The third-order valence-corrected chi connectivity index (χ3v) is 3.44. The Balaban J connectivity index is 2.10. The molecule has 0 bridgehead atoms. The number of esters is 1. The zero-order chi connectivity index (χ0) is 14.1. The molecule has 3 rings (SSSR count). The number of aromatic nitrogens is 1. The van der Waals surface area contributed by atoms with Crippen LogP contribution in [0.3, 0.4) is 0 Å². The Bertz CT molecular complexity index is 670. The molecular formula is C15H15N3O2. The van der Waals surface area contributed by atoms with Gasteiger partial charge in [-0.05, 0) is 24.1 Å². The van der Waals surface area contributed by atoms with Gasteiger partial charge in [0.1, 0.15) is 11.4 Å². The third kappa shape index (κ3) is 1.97. The molecule has 0 aliphatic carbocycles. The number of hydrogen-bond acceptors (Lipinski definition) is 5. The molecule has 1 aromatic heterocycles. The fourth-order valence-electron chi connectivity index (χ4n) is 2.51. The molecule has 2 N–H and O–H groups in total. The quantitative estimate of drug-likeness (QED) is 0.846. The minimum Gasteiger partial charge on any atom is -0.465 e. The molecule has 0 radical (unpaired) electrons. The average molecular weight is 269 g/mol. The molecule has 5 nitrogen and oxygen atoms in total. The van der Waals surface area contributed by atoms with E-state index in [0.717, 1.165) is 18.7 Å². The lowest BCUT2D eigenvalue weighted by Gasteiger charge is -2.20. The zero-order valence-electron chi connectivity index (χ0n) is 11.2. The van der Waals surface area contributed by atoms with Gasteiger partial charge >= 0.3 is 5.97 Å². The molecule has 0 amide bonds. The van der Waals surface area contributed by atoms with Crippen LogP contribution in [-0.2, 0) is 11.2 Å². The molecule has 1 aliphatic heterocycles. The van der Waals surface area contributed by atoms with Crippen LogP contribution in [0.5, 0.6) is 0 Å². The van der Waals surface area contributed by atoms with Gasteiger partial charge in [0.15, 0.2) is 0 Å². The fourth-order valence-corrected chi connectivity index (χ4v) is 2.51. The minimum absolute atomic E-state index is 0.393. The molecule has 5 heteroatoms. The second kappa shape index (κ2) is 4.85. The maximum atomic E-state index is 11.9. The van der Waals surface area contributed by atoms with Crippen molar-refractivity contribution in [1.29, 1.82) is 0 Å². The smallest absolute Gasteiger partial charge is 0.341 e. The highest BCUT2D eigenvalue weighted by molar-refractivity contribution is 5.97. The van der Waals surface area contributed by atoms with Gasteiger partial charge in [-0.15, -0.1) is 0 Å². The van der Waals surface area contributed by atoms with Crippen molar-refractivity contribution >= 4 is 23.2 Å². The normalized spacial score (nSPS) is 13.2. The van der Waals surface area contributed by atoms with Crippen LogP contribution in [0.1, 0.15) is 15.9 Å². The number of nitrogens with two attached hydrogens (primary N) is 1. The molecule has 2 aromatic rings. The van der Waals surface area contributed by atoms with E-state index < -0.39 is 5.97 Å². The number of hydrogen-bond donors (Lipinski definition) is 1. The van der Waals surface area contributed by atoms with Crippen LogP contribution in [0.25, 0.3) is 0 Å². The number of carbonyl (C=O) groups excluding carboxylic acids is 1. The number of fused-ring (bicyclic) bond motifs is 1. The first-order chi connectivity index (χ1) is 9.70. The number of anilines is 3. The van der Waals surface area contributed by atoms with Gasteiger partial charge in [0, 0.05) is 12.2 Å². The Morgan fingerprint density at radius 1 is 1.40 bits per heavy atom. The lowest BCUT2D eigenvalue weighted by Crippen LogP contribution is -2.19. The SMILES string of the molecule is COC(=O)c1cc(N)cnc1N1CCc2ccccc21. The molecule has 0 unspecified atom stereocenters. The highest BCUT2D eigenvalue weighted by atomic mass is 16.5. The molecule has 0 fully saturated rings. The second-order valence-electron chi connectivity index (χ2n) is 4.66. The number of methoxy groups -OCH3 is 1. The van der Waals surface area contributed by atoms with Gasteiger partial charge in [0.05, 0.1) is 19.0 Å². The number of para-hydroxylation sites is 1. The van der Waals surface area contributed by atoms with Crippen LogP contribution < -0.4 is 10.6 Å². The van der Waals surface area contributed by atoms with Crippen LogP contribution in [0, 0.1) is 0 Å². The third-order valence-electron chi connectivity index (χ3n) is 3.44. The van der Waals surface area contributed by atoms with Crippen molar-refractivity contribution in [2.24, 2.45) is 0 Å². The largest absolute Gasteiger partial charge is 0.465 e. The molecule has 0 atom stereocenters. The van der Waals surface area contributed by atoms with E-state index in [9.17, 15) is 4.79 Å². The predicted octanol–water partition coefficient (Wildman–Crippen LogP) is 2.14. The van der Waals surface area contributed by atoms with E-state index >= 15 is 0 Å². The Labute approximate surface area is 117 Å². The van der Waals surface area contributed by atoms with Gasteiger partial charge in [0.25, 0.3) is 0 Å². The van der Waals surface area contributed by atoms with Gasteiger partial charge < -0.3 is 15.4 Å². The molecule has 2 heterocycles. The standard InChI is InChI=1S/C15H15N3O2/c1-20-15(19)12-8-11(16)9-17-14(12)18-7-6-10-4-2-3-5-13(10)18/h2-5,8-9H,6-7,16H2,1H3. The van der Waals surface area contributed by atoms with Crippen molar-refractivity contribution < 1.29 is 9.53 Å². The minimum atomic E-state index is -0.427. The van der Waals surface area contributed by atoms with Crippen molar-refractivity contribution in [2.45, 2.75) is 6.42 Å². The molecule has 1 aliphatic rings. The van der Waals surface area contributed by atoms with Crippen molar-refractivity contribution in [3.05, 3.63) is 47.7 Å². The Morgan fingerprint density at radius 2 is 2.20 bits per heavy atom. The van der Waals surface area contributed by atoms with Gasteiger partial charge in [0.2, 0.25) is 0 Å². The number of benzene rings is 1. The fraction of sp³-hybridized carbons (Fsp3) is 0.200. The molecular weight excluding hydrogens is 254 g/mol. The lowest BCUT2D eigenvalue weighted by molar-refractivity contribution is 0.0601. The summed E-state index contributed by atoms with van der Waals surface area (Å²) in [6, 6.07) is 9.72. The maximum Gasteiger partial charge on any atom is 0.341 e. The van der Waals surface area contributed by atoms with Crippen LogP contribution in [0.2, 0.25) is 0 Å². The zero-order valence-corrected chi connectivity index (χ0v) is 11.2. The highest BCUT2D eigenvalue weighted by Crippen LogP contribution is 2.35. The van der Waals surface area contributed by atoms with E-state index in [-0.39, 0.29) is 0 Å². The highest BCUT2D eigenvalue weighted by Gasteiger charge is 2.25. The van der Waals surface area contributed by atoms with Gasteiger partial charge in [-0.1, -0.05) is 18.2 Å². The first-order valence-electron chi connectivity index (χ1n) is 6.40. The van der Waals surface area contributed by atoms with Gasteiger partial charge in [-0.3, -0.25) is 0 Å². The van der Waals surface area contributed by atoms with Gasteiger partial charge in [-0.25, -0.2) is 9.78 Å². The van der Waals surface area contributed by atoms with E-state index in [1.165, 1.54) is 12.7 Å². The molecule has 20 heavy (non-hydrogen) atoms. The summed E-state index contributed by atoms with van der Waals surface area (Å²) in [5.41, 5.74) is 8.89. The second-order valence-corrected chi connectivity index (χ2v) is 4.66. The number of carbonyl (C=O) groups is 1. The van der Waals surface area contributed by atoms with E-state index in [1.54, 1.807) is 12.3 Å². The number of nitrogen functional groups attached to an aromatic ring is 1. The summed E-state index contributed by atoms with van der Waals surface area (Å²) in [7, 11) is 1.35. The summed E-state index contributed by atoms with van der Waals surface area (Å²) in [6.07, 6.45) is 2.49. The number of ether oxygens (including phenoxy) is 1. The van der Waals surface area contributed by atoms with Crippen LogP contribution >= 0.6 is 0 Å². The summed E-state index contributed by atoms with van der Waals surface area (Å²) in [5, 5.41) is 0. The Morgan fingerprint density at radius 3 is 3.00 bits per heavy atom. The van der Waals surface area contributed by atoms with E-state index in [0.29, 0.717) is 17.1 Å². The predicted molar refractivity (Wildman–Crippen MR) is 77.1 cm³/mol. The first kappa shape index (κ1) is 12.5. The molecule has 102 valence electrons. The summed E-state index contributed by atoms with van der Waals surface area (Å²) in [5.74, 6) is 0.167. The van der Waals surface area contributed by atoms with E-state index in [4.69, 9.17) is 10.5 Å². The Kier molecular flexibility index (Phi) is 3.02. The van der Waals surface area contributed by atoms with E-state index in [2.05, 4.69) is 11.1 Å². The number of nitrogens with zero attached hydrogens (tertiary/aromatic N) is 2. The van der Waals surface area contributed by atoms with Crippen molar-refractivity contribution in [3.8, 4) is 0 Å². The Hall–Kier alpha value is -2.56. The summed E-state index contributed by atoms with van der Waals surface area (Å²) in [4.78, 5) is 18.3. The van der Waals surface area contributed by atoms with Crippen molar-refractivity contribution in [1.82, 2.24) is 4.98 Å². The number of rotatable bonds is 2. The van der Waals surface area contributed by atoms with Crippen LogP contribution in [0.15, 0.2) is 36.5 Å². The lowest BCUT2D eigenvalue weighted by atomic mass is 10.2. The molecule has 1 aromatic carbocycles. The van der Waals surface area contributed by atoms with Crippen molar-refractivity contribution in [2.75, 3.05) is 24.3 Å².